The summed E-state index contributed by atoms with van der Waals surface area (Å²) in [6.45, 7) is 0. The van der Waals surface area contributed by atoms with Crippen LogP contribution in [0, 0.1) is 0 Å². The van der Waals surface area contributed by atoms with Crippen molar-refractivity contribution in [2.75, 3.05) is 0 Å². The minimum absolute atomic E-state index is 0.136. The first-order valence-electron chi connectivity index (χ1n) is 8.43. The van der Waals surface area contributed by atoms with Gasteiger partial charge in [0, 0.05) is 16.5 Å². The van der Waals surface area contributed by atoms with E-state index < -0.39 is 11.9 Å². The number of nitrogens with one attached hydrogen (secondary N) is 1. The molecule has 0 unspecified atom stereocenters. The van der Waals surface area contributed by atoms with Gasteiger partial charge in [0.25, 0.3) is 0 Å². The van der Waals surface area contributed by atoms with Gasteiger partial charge < -0.3 is 11.1 Å². The van der Waals surface area contributed by atoms with Crippen molar-refractivity contribution in [3.05, 3.63) is 81.8 Å². The first-order chi connectivity index (χ1) is 12.9. The van der Waals surface area contributed by atoms with Gasteiger partial charge in [0.1, 0.15) is 6.04 Å². The van der Waals surface area contributed by atoms with Crippen LogP contribution >= 0.6 is 23.2 Å². The Morgan fingerprint density at radius 2 is 1.59 bits per heavy atom. The predicted octanol–water partition coefficient (Wildman–Crippen LogP) is 3.90. The van der Waals surface area contributed by atoms with E-state index in [0.717, 1.165) is 16.3 Å². The molecule has 0 radical (unpaired) electrons. The molecule has 3 N–H and O–H groups in total. The van der Waals surface area contributed by atoms with E-state index in [1.54, 1.807) is 18.2 Å². The summed E-state index contributed by atoms with van der Waals surface area (Å²) in [6.07, 6.45) is 0.280. The quantitative estimate of drug-likeness (QED) is 0.658. The molecule has 0 bridgehead atoms. The lowest BCUT2D eigenvalue weighted by Gasteiger charge is -2.17. The zero-order valence-electron chi connectivity index (χ0n) is 14.4. The minimum Gasteiger partial charge on any atom is -0.368 e. The van der Waals surface area contributed by atoms with E-state index in [1.165, 1.54) is 0 Å². The standard InChI is InChI=1S/C21H18Cl2N2O2/c22-17-6-3-7-18(23)16(17)12-19(21(24)27)25-20(26)11-13-8-9-14-4-1-2-5-15(14)10-13/h1-10,19H,11-12H2,(H2,24,27)(H,25,26)/t19-/m0/s1. The second-order valence-electron chi connectivity index (χ2n) is 6.29. The monoisotopic (exact) mass is 400 g/mol. The fourth-order valence-corrected chi connectivity index (χ4v) is 3.49. The average molecular weight is 401 g/mol. The van der Waals surface area contributed by atoms with Crippen molar-refractivity contribution in [1.82, 2.24) is 5.32 Å². The summed E-state index contributed by atoms with van der Waals surface area (Å²) in [6, 6.07) is 17.9. The van der Waals surface area contributed by atoms with Crippen LogP contribution in [0.5, 0.6) is 0 Å². The highest BCUT2D eigenvalue weighted by Gasteiger charge is 2.21. The molecule has 0 aromatic heterocycles. The van der Waals surface area contributed by atoms with Crippen LogP contribution in [0.3, 0.4) is 0 Å². The summed E-state index contributed by atoms with van der Waals surface area (Å²) >= 11 is 12.3. The first kappa shape index (κ1) is 19.2. The number of primary amides is 1. The van der Waals surface area contributed by atoms with Crippen molar-refractivity contribution >= 4 is 45.8 Å². The summed E-state index contributed by atoms with van der Waals surface area (Å²) in [5.74, 6) is -0.935. The molecule has 0 aliphatic heterocycles. The third-order valence-corrected chi connectivity index (χ3v) is 5.04. The van der Waals surface area contributed by atoms with E-state index >= 15 is 0 Å². The lowest BCUT2D eigenvalue weighted by atomic mass is 10.0. The van der Waals surface area contributed by atoms with Gasteiger partial charge in [-0.2, -0.15) is 0 Å². The summed E-state index contributed by atoms with van der Waals surface area (Å²) in [4.78, 5) is 24.2. The van der Waals surface area contributed by atoms with Gasteiger partial charge >= 0.3 is 0 Å². The Hall–Kier alpha value is -2.56. The van der Waals surface area contributed by atoms with E-state index in [2.05, 4.69) is 5.32 Å². The number of rotatable bonds is 6. The van der Waals surface area contributed by atoms with Crippen molar-refractivity contribution in [2.45, 2.75) is 18.9 Å². The molecule has 2 amide bonds. The Balaban J connectivity index is 1.72. The van der Waals surface area contributed by atoms with Crippen molar-refractivity contribution in [1.29, 1.82) is 0 Å². The van der Waals surface area contributed by atoms with Gasteiger partial charge in [0.2, 0.25) is 11.8 Å². The van der Waals surface area contributed by atoms with E-state index in [-0.39, 0.29) is 18.7 Å². The summed E-state index contributed by atoms with van der Waals surface area (Å²) in [5.41, 5.74) is 6.89. The second kappa shape index (κ2) is 8.42. The third-order valence-electron chi connectivity index (χ3n) is 4.33. The van der Waals surface area contributed by atoms with Crippen LogP contribution in [0.25, 0.3) is 10.8 Å². The largest absolute Gasteiger partial charge is 0.368 e. The van der Waals surface area contributed by atoms with Crippen LogP contribution in [-0.2, 0) is 22.4 Å². The van der Waals surface area contributed by atoms with E-state index in [9.17, 15) is 9.59 Å². The number of hydrogen-bond donors (Lipinski definition) is 2. The van der Waals surface area contributed by atoms with Gasteiger partial charge in [-0.15, -0.1) is 0 Å². The number of fused-ring (bicyclic) bond motifs is 1. The predicted molar refractivity (Wildman–Crippen MR) is 109 cm³/mol. The molecule has 3 rings (SSSR count). The van der Waals surface area contributed by atoms with E-state index in [1.807, 2.05) is 42.5 Å². The smallest absolute Gasteiger partial charge is 0.240 e. The van der Waals surface area contributed by atoms with Gasteiger partial charge in [0.05, 0.1) is 6.42 Å². The SMILES string of the molecule is NC(=O)[C@H](Cc1c(Cl)cccc1Cl)NC(=O)Cc1ccc2ccccc2c1. The number of benzene rings is 3. The number of nitrogens with two attached hydrogens (primary N) is 1. The first-order valence-corrected chi connectivity index (χ1v) is 9.19. The molecular formula is C21H18Cl2N2O2. The van der Waals surface area contributed by atoms with Crippen LogP contribution in [0.1, 0.15) is 11.1 Å². The zero-order chi connectivity index (χ0) is 19.4. The average Bonchev–Trinajstić information content (AvgIpc) is 2.63. The third kappa shape index (κ3) is 4.79. The van der Waals surface area contributed by atoms with Gasteiger partial charge in [-0.05, 0) is 34.0 Å². The number of hydrogen-bond acceptors (Lipinski definition) is 2. The van der Waals surface area contributed by atoms with Gasteiger partial charge in [0.15, 0.2) is 0 Å². The molecule has 3 aromatic rings. The molecule has 138 valence electrons. The van der Waals surface area contributed by atoms with Crippen LogP contribution in [0.15, 0.2) is 60.7 Å². The molecule has 27 heavy (non-hydrogen) atoms. The fraction of sp³-hybridized carbons (Fsp3) is 0.143. The lowest BCUT2D eigenvalue weighted by Crippen LogP contribution is -2.46. The summed E-state index contributed by atoms with van der Waals surface area (Å²) in [5, 5.41) is 5.70. The van der Waals surface area contributed by atoms with E-state index in [0.29, 0.717) is 15.6 Å². The topological polar surface area (TPSA) is 72.2 Å². The van der Waals surface area contributed by atoms with E-state index in [4.69, 9.17) is 28.9 Å². The van der Waals surface area contributed by atoms with Gasteiger partial charge in [-0.25, -0.2) is 0 Å². The maximum atomic E-state index is 12.4. The molecule has 0 fully saturated rings. The maximum absolute atomic E-state index is 12.4. The van der Waals surface area contributed by atoms with Crippen molar-refractivity contribution in [2.24, 2.45) is 5.73 Å². The van der Waals surface area contributed by atoms with Crippen LogP contribution in [-0.4, -0.2) is 17.9 Å². The Kier molecular flexibility index (Phi) is 5.99. The Morgan fingerprint density at radius 1 is 0.926 bits per heavy atom. The highest BCUT2D eigenvalue weighted by Crippen LogP contribution is 2.25. The summed E-state index contributed by atoms with van der Waals surface area (Å²) in [7, 11) is 0. The molecule has 0 saturated heterocycles. The Bertz CT molecular complexity index is 984. The highest BCUT2D eigenvalue weighted by atomic mass is 35.5. The Labute approximate surface area is 167 Å². The highest BCUT2D eigenvalue weighted by molar-refractivity contribution is 6.36. The second-order valence-corrected chi connectivity index (χ2v) is 7.10. The Morgan fingerprint density at radius 3 is 2.26 bits per heavy atom. The van der Waals surface area contributed by atoms with Crippen molar-refractivity contribution in [3.63, 3.8) is 0 Å². The minimum atomic E-state index is -0.893. The molecule has 0 aliphatic rings. The van der Waals surface area contributed by atoms with Crippen LogP contribution in [0.2, 0.25) is 10.0 Å². The molecule has 1 atom stereocenters. The molecule has 0 heterocycles. The molecule has 4 nitrogen and oxygen atoms in total. The number of carbonyl (C=O) groups excluding carboxylic acids is 2. The molecule has 0 saturated carbocycles. The number of halogens is 2. The maximum Gasteiger partial charge on any atom is 0.240 e. The van der Waals surface area contributed by atoms with Crippen LogP contribution < -0.4 is 11.1 Å². The molecule has 3 aromatic carbocycles. The number of carbonyl (C=O) groups is 2. The lowest BCUT2D eigenvalue weighted by molar-refractivity contribution is -0.127. The van der Waals surface area contributed by atoms with Crippen molar-refractivity contribution < 1.29 is 9.59 Å². The molecular weight excluding hydrogens is 383 g/mol. The summed E-state index contributed by atoms with van der Waals surface area (Å²) < 4.78 is 0. The molecule has 0 aliphatic carbocycles. The molecule has 0 spiro atoms. The van der Waals surface area contributed by atoms with Crippen molar-refractivity contribution in [3.8, 4) is 0 Å². The van der Waals surface area contributed by atoms with Gasteiger partial charge in [-0.3, -0.25) is 9.59 Å². The normalized spacial score (nSPS) is 11.9. The van der Waals surface area contributed by atoms with Crippen LogP contribution in [0.4, 0.5) is 0 Å². The van der Waals surface area contributed by atoms with Gasteiger partial charge in [-0.1, -0.05) is 71.7 Å². The molecule has 6 heteroatoms. The zero-order valence-corrected chi connectivity index (χ0v) is 15.9. The number of amides is 2. The fourth-order valence-electron chi connectivity index (χ4n) is 2.93.